The van der Waals surface area contributed by atoms with E-state index in [1.807, 2.05) is 36.4 Å². The smallest absolute Gasteiger partial charge is 0.306 e. The van der Waals surface area contributed by atoms with Crippen LogP contribution in [0.1, 0.15) is 56.6 Å². The number of carbonyl (C=O) groups excluding carboxylic acids is 2. The van der Waals surface area contributed by atoms with Crippen molar-refractivity contribution in [3.63, 3.8) is 0 Å². The van der Waals surface area contributed by atoms with Crippen LogP contribution in [0.25, 0.3) is 10.9 Å². The number of hydrogen-bond donors (Lipinski definition) is 2. The third kappa shape index (κ3) is 8.94. The van der Waals surface area contributed by atoms with Crippen molar-refractivity contribution >= 4 is 61.6 Å². The number of carbonyl (C=O) groups is 2. The lowest BCUT2D eigenvalue weighted by Gasteiger charge is -2.09. The second kappa shape index (κ2) is 15.2. The van der Waals surface area contributed by atoms with Gasteiger partial charge < -0.3 is 14.8 Å². The summed E-state index contributed by atoms with van der Waals surface area (Å²) in [6.45, 7) is 3.14. The molecule has 230 valence electrons. The Bertz CT molecular complexity index is 1670. The van der Waals surface area contributed by atoms with Crippen molar-refractivity contribution in [1.82, 2.24) is 15.1 Å². The van der Waals surface area contributed by atoms with Gasteiger partial charge in [0.2, 0.25) is 5.91 Å². The number of unbranched alkanes of at least 4 members (excludes halogenated alkanes) is 3. The molecule has 0 saturated heterocycles. The monoisotopic (exact) mass is 646 g/mol. The summed E-state index contributed by atoms with van der Waals surface area (Å²) >= 11 is 6.91. The maximum atomic E-state index is 13.1. The molecule has 2 aromatic heterocycles. The third-order valence-corrected chi connectivity index (χ3v) is 9.70. The van der Waals surface area contributed by atoms with Crippen molar-refractivity contribution < 1.29 is 27.5 Å². The molecule has 2 aromatic carbocycles. The summed E-state index contributed by atoms with van der Waals surface area (Å²) in [5, 5.41) is 7.97. The van der Waals surface area contributed by atoms with Crippen LogP contribution in [-0.2, 0) is 37.4 Å². The fourth-order valence-electron chi connectivity index (χ4n) is 4.48. The normalized spacial score (nSPS) is 11.4. The molecular formula is C30H35ClN4O6S2. The number of amides is 1. The molecule has 0 bridgehead atoms. The quantitative estimate of drug-likeness (QED) is 0.111. The number of sulfonamides is 1. The van der Waals surface area contributed by atoms with Gasteiger partial charge in [-0.05, 0) is 41.8 Å². The molecule has 4 rings (SSSR count). The largest absolute Gasteiger partial charge is 0.496 e. The number of ether oxygens (including phenoxy) is 2. The van der Waals surface area contributed by atoms with Crippen LogP contribution in [0.15, 0.2) is 58.8 Å². The van der Waals surface area contributed by atoms with Crippen LogP contribution in [0.2, 0.25) is 4.34 Å². The predicted octanol–water partition coefficient (Wildman–Crippen LogP) is 6.13. The Kier molecular flexibility index (Phi) is 11.4. The number of halogens is 1. The molecule has 43 heavy (non-hydrogen) atoms. The lowest BCUT2D eigenvalue weighted by atomic mass is 10.1. The number of anilines is 1. The number of esters is 1. The van der Waals surface area contributed by atoms with Crippen LogP contribution in [0.5, 0.6) is 5.75 Å². The highest BCUT2D eigenvalue weighted by Gasteiger charge is 2.23. The van der Waals surface area contributed by atoms with Crippen molar-refractivity contribution in [1.29, 1.82) is 0 Å². The molecule has 2 heterocycles. The first-order chi connectivity index (χ1) is 20.7. The molecule has 4 aromatic rings. The van der Waals surface area contributed by atoms with E-state index in [1.54, 1.807) is 10.7 Å². The average molecular weight is 647 g/mol. The maximum absolute atomic E-state index is 13.1. The van der Waals surface area contributed by atoms with Crippen LogP contribution in [-0.4, -0.2) is 43.8 Å². The molecule has 0 fully saturated rings. The first-order valence-corrected chi connectivity index (χ1v) is 16.7. The Morgan fingerprint density at radius 1 is 1.02 bits per heavy atom. The minimum Gasteiger partial charge on any atom is -0.496 e. The minimum atomic E-state index is -3.93. The highest BCUT2D eigenvalue weighted by molar-refractivity contribution is 7.94. The van der Waals surface area contributed by atoms with Crippen molar-refractivity contribution in [3.05, 3.63) is 70.1 Å². The summed E-state index contributed by atoms with van der Waals surface area (Å²) in [7, 11) is -2.41. The van der Waals surface area contributed by atoms with Gasteiger partial charge in [0.15, 0.2) is 5.82 Å². The number of nitrogens with one attached hydrogen (secondary N) is 2. The average Bonchev–Trinajstić information content (AvgIpc) is 3.58. The van der Waals surface area contributed by atoms with Gasteiger partial charge in [-0.15, -0.1) is 11.3 Å². The number of fused-ring (bicyclic) bond motifs is 1. The molecule has 0 spiro atoms. The maximum Gasteiger partial charge on any atom is 0.306 e. The fourth-order valence-corrected chi connectivity index (χ4v) is 6.97. The summed E-state index contributed by atoms with van der Waals surface area (Å²) < 4.78 is 41.5. The summed E-state index contributed by atoms with van der Waals surface area (Å²) in [5.74, 6) is 0.0161. The number of nitrogens with zero attached hydrogens (tertiary/aromatic N) is 2. The minimum absolute atomic E-state index is 0.0428. The summed E-state index contributed by atoms with van der Waals surface area (Å²) in [5.41, 5.74) is 2.44. The fraction of sp³-hybridized carbons (Fsp3) is 0.367. The number of thiophene rings is 1. The molecule has 2 N–H and O–H groups in total. The number of rotatable bonds is 16. The van der Waals surface area contributed by atoms with E-state index in [9.17, 15) is 18.0 Å². The van der Waals surface area contributed by atoms with E-state index in [0.29, 0.717) is 40.7 Å². The third-order valence-electron chi connectivity index (χ3n) is 6.63. The molecule has 1 amide bonds. The molecule has 0 radical (unpaired) electrons. The zero-order chi connectivity index (χ0) is 30.8. The van der Waals surface area contributed by atoms with Gasteiger partial charge in [0.05, 0.1) is 41.9 Å². The standard InChI is InChI=1S/C30H35ClN4O6S2/c1-3-4-5-6-17-41-27(37)15-14-26(36)32-19-21-9-7-10-22(18-21)20-35-23-11-8-12-24(40-2)29(23)30(33-35)34-43(38,39)28-16-13-25(31)42-28/h7-13,16,18H,3-6,14-15,17,19-20H2,1-2H3,(H,32,36)(H,33,34). The van der Waals surface area contributed by atoms with Crippen LogP contribution >= 0.6 is 22.9 Å². The van der Waals surface area contributed by atoms with Crippen molar-refractivity contribution in [3.8, 4) is 5.75 Å². The van der Waals surface area contributed by atoms with Crippen LogP contribution < -0.4 is 14.8 Å². The van der Waals surface area contributed by atoms with Crippen LogP contribution in [0.4, 0.5) is 5.82 Å². The van der Waals surface area contributed by atoms with Crippen molar-refractivity contribution in [2.75, 3.05) is 18.4 Å². The summed E-state index contributed by atoms with van der Waals surface area (Å²) in [6, 6.07) is 16.0. The second-order valence-corrected chi connectivity index (χ2v) is 13.5. The van der Waals surface area contributed by atoms with Crippen LogP contribution in [0, 0.1) is 0 Å². The molecule has 0 aliphatic heterocycles. The van der Waals surface area contributed by atoms with Gasteiger partial charge in [-0.25, -0.2) is 8.42 Å². The molecule has 0 atom stereocenters. The van der Waals surface area contributed by atoms with Gasteiger partial charge in [0.25, 0.3) is 10.0 Å². The zero-order valence-corrected chi connectivity index (χ0v) is 26.5. The number of benzene rings is 2. The van der Waals surface area contributed by atoms with E-state index in [2.05, 4.69) is 22.1 Å². The van der Waals surface area contributed by atoms with Crippen LogP contribution in [0.3, 0.4) is 0 Å². The van der Waals surface area contributed by atoms with E-state index in [0.717, 1.165) is 48.1 Å². The SMILES string of the molecule is CCCCCCOC(=O)CCC(=O)NCc1cccc(Cn2nc(NS(=O)(=O)c3ccc(Cl)s3)c3c(OC)cccc32)c1. The summed E-state index contributed by atoms with van der Waals surface area (Å²) in [4.78, 5) is 24.2. The highest BCUT2D eigenvalue weighted by atomic mass is 35.5. The Balaban J connectivity index is 1.41. The topological polar surface area (TPSA) is 129 Å². The molecule has 0 aliphatic carbocycles. The number of aromatic nitrogens is 2. The van der Waals surface area contributed by atoms with Gasteiger partial charge in [-0.3, -0.25) is 19.0 Å². The first kappa shape index (κ1) is 32.3. The van der Waals surface area contributed by atoms with Gasteiger partial charge in [0, 0.05) is 13.0 Å². The molecule has 13 heteroatoms. The van der Waals surface area contributed by atoms with E-state index in [4.69, 9.17) is 21.1 Å². The lowest BCUT2D eigenvalue weighted by Crippen LogP contribution is -2.23. The van der Waals surface area contributed by atoms with E-state index in [1.165, 1.54) is 19.2 Å². The van der Waals surface area contributed by atoms with Gasteiger partial charge in [-0.1, -0.05) is 68.1 Å². The number of methoxy groups -OCH3 is 1. The predicted molar refractivity (Wildman–Crippen MR) is 168 cm³/mol. The van der Waals surface area contributed by atoms with E-state index < -0.39 is 10.0 Å². The molecule has 10 nitrogen and oxygen atoms in total. The van der Waals surface area contributed by atoms with Crippen molar-refractivity contribution in [2.24, 2.45) is 0 Å². The molecule has 0 unspecified atom stereocenters. The summed E-state index contributed by atoms with van der Waals surface area (Å²) in [6.07, 6.45) is 4.20. The van der Waals surface area contributed by atoms with E-state index >= 15 is 0 Å². The molecule has 0 saturated carbocycles. The Hall–Kier alpha value is -3.61. The Morgan fingerprint density at radius 2 is 1.81 bits per heavy atom. The Labute approximate surface area is 260 Å². The van der Waals surface area contributed by atoms with Gasteiger partial charge >= 0.3 is 5.97 Å². The first-order valence-electron chi connectivity index (χ1n) is 14.0. The lowest BCUT2D eigenvalue weighted by molar-refractivity contribution is -0.145. The molecular weight excluding hydrogens is 612 g/mol. The van der Waals surface area contributed by atoms with Crippen molar-refractivity contribution in [2.45, 2.75) is 62.7 Å². The number of hydrogen-bond acceptors (Lipinski definition) is 8. The van der Waals surface area contributed by atoms with Gasteiger partial charge in [0.1, 0.15) is 9.96 Å². The highest BCUT2D eigenvalue weighted by Crippen LogP contribution is 2.35. The molecule has 0 aliphatic rings. The van der Waals surface area contributed by atoms with Gasteiger partial charge in [-0.2, -0.15) is 5.10 Å². The Morgan fingerprint density at radius 3 is 2.56 bits per heavy atom. The second-order valence-electron chi connectivity index (χ2n) is 9.90. The zero-order valence-electron chi connectivity index (χ0n) is 24.1. The van der Waals surface area contributed by atoms with E-state index in [-0.39, 0.29) is 34.7 Å².